The zero-order valence-corrected chi connectivity index (χ0v) is 6.63. The predicted octanol–water partition coefficient (Wildman–Crippen LogP) is 1.14. The van der Waals surface area contributed by atoms with Gasteiger partial charge in [0.2, 0.25) is 0 Å². The minimum absolute atomic E-state index is 0.410. The first-order valence-electron chi connectivity index (χ1n) is 3.20. The van der Waals surface area contributed by atoms with Crippen molar-refractivity contribution in [3.05, 3.63) is 12.0 Å². The lowest BCUT2D eigenvalue weighted by molar-refractivity contribution is 0.913. The molecule has 0 unspecified atom stereocenters. The number of aromatic nitrogens is 2. The van der Waals surface area contributed by atoms with Crippen molar-refractivity contribution in [2.45, 2.75) is 6.92 Å². The van der Waals surface area contributed by atoms with Gasteiger partial charge in [0, 0.05) is 7.05 Å². The van der Waals surface area contributed by atoms with Crippen molar-refractivity contribution < 1.29 is 0 Å². The van der Waals surface area contributed by atoms with Crippen molar-refractivity contribution in [2.24, 2.45) is 12.0 Å². The predicted molar refractivity (Wildman–Crippen MR) is 44.9 cm³/mol. The Hall–Kier alpha value is -1.45. The van der Waals surface area contributed by atoms with Crippen LogP contribution in [0.1, 0.15) is 12.6 Å². The van der Waals surface area contributed by atoms with Crippen LogP contribution in [0.4, 0.5) is 5.82 Å². The maximum absolute atomic E-state index is 7.33. The van der Waals surface area contributed by atoms with Gasteiger partial charge in [-0.25, -0.2) is 9.98 Å². The van der Waals surface area contributed by atoms with E-state index in [2.05, 4.69) is 16.7 Å². The van der Waals surface area contributed by atoms with Crippen molar-refractivity contribution in [3.8, 4) is 0 Å². The van der Waals surface area contributed by atoms with Crippen molar-refractivity contribution >= 4 is 18.2 Å². The molecule has 0 atom stereocenters. The van der Waals surface area contributed by atoms with Gasteiger partial charge in [0.05, 0.1) is 12.0 Å². The number of aliphatic imine (C=N–C) groups is 1. The summed E-state index contributed by atoms with van der Waals surface area (Å²) in [6.45, 7) is 5.08. The monoisotopic (exact) mass is 150 g/mol. The summed E-state index contributed by atoms with van der Waals surface area (Å²) in [6, 6.07) is 0. The molecular formula is C7H10N4. The molecule has 0 amide bonds. The van der Waals surface area contributed by atoms with E-state index in [0.29, 0.717) is 17.2 Å². The first kappa shape index (κ1) is 7.65. The molecule has 0 aliphatic carbocycles. The van der Waals surface area contributed by atoms with Crippen LogP contribution >= 0.6 is 0 Å². The van der Waals surface area contributed by atoms with Gasteiger partial charge in [-0.15, -0.1) is 0 Å². The van der Waals surface area contributed by atoms with E-state index < -0.39 is 0 Å². The Morgan fingerprint density at radius 2 is 2.45 bits per heavy atom. The normalized spacial score (nSPS) is 9.64. The molecule has 0 aliphatic heterocycles. The molecule has 0 fully saturated rings. The summed E-state index contributed by atoms with van der Waals surface area (Å²) in [5.74, 6) is 0.650. The van der Waals surface area contributed by atoms with Crippen molar-refractivity contribution in [1.82, 2.24) is 9.55 Å². The molecule has 0 spiro atoms. The molecule has 58 valence electrons. The number of aryl methyl sites for hydroxylation is 1. The van der Waals surface area contributed by atoms with Gasteiger partial charge in [-0.3, -0.25) is 0 Å². The van der Waals surface area contributed by atoms with Crippen LogP contribution in [0, 0.1) is 5.41 Å². The Labute approximate surface area is 65.1 Å². The highest BCUT2D eigenvalue weighted by molar-refractivity contribution is 5.98. The zero-order valence-electron chi connectivity index (χ0n) is 6.63. The fourth-order valence-electron chi connectivity index (χ4n) is 0.875. The van der Waals surface area contributed by atoms with Crippen LogP contribution in [-0.2, 0) is 7.05 Å². The van der Waals surface area contributed by atoms with Gasteiger partial charge in [-0.1, -0.05) is 0 Å². The minimum atomic E-state index is 0.410. The highest BCUT2D eigenvalue weighted by Crippen LogP contribution is 2.15. The summed E-state index contributed by atoms with van der Waals surface area (Å²) < 4.78 is 1.74. The van der Waals surface area contributed by atoms with Gasteiger partial charge >= 0.3 is 0 Å². The third-order valence-corrected chi connectivity index (χ3v) is 1.41. The fourth-order valence-corrected chi connectivity index (χ4v) is 0.875. The number of hydrogen-bond acceptors (Lipinski definition) is 3. The van der Waals surface area contributed by atoms with Gasteiger partial charge < -0.3 is 9.98 Å². The average molecular weight is 150 g/mol. The molecule has 4 heteroatoms. The molecule has 1 rings (SSSR count). The Morgan fingerprint density at radius 1 is 1.82 bits per heavy atom. The van der Waals surface area contributed by atoms with E-state index in [4.69, 9.17) is 5.41 Å². The van der Waals surface area contributed by atoms with Crippen LogP contribution in [0.3, 0.4) is 0 Å². The number of nitrogens with one attached hydrogen (secondary N) is 1. The van der Waals surface area contributed by atoms with Gasteiger partial charge in [-0.2, -0.15) is 0 Å². The van der Waals surface area contributed by atoms with Crippen molar-refractivity contribution in [2.75, 3.05) is 0 Å². The second-order valence-corrected chi connectivity index (χ2v) is 2.31. The zero-order chi connectivity index (χ0) is 8.43. The van der Waals surface area contributed by atoms with Crippen molar-refractivity contribution in [1.29, 1.82) is 5.41 Å². The summed E-state index contributed by atoms with van der Waals surface area (Å²) in [5.41, 5.74) is 1.01. The van der Waals surface area contributed by atoms with Gasteiger partial charge in [0.25, 0.3) is 0 Å². The van der Waals surface area contributed by atoms with Gasteiger partial charge in [0.1, 0.15) is 5.69 Å². The van der Waals surface area contributed by atoms with Gasteiger partial charge in [0.15, 0.2) is 5.82 Å². The lowest BCUT2D eigenvalue weighted by Gasteiger charge is -1.95. The molecule has 1 N–H and O–H groups in total. The first-order valence-corrected chi connectivity index (χ1v) is 3.20. The summed E-state index contributed by atoms with van der Waals surface area (Å²) in [7, 11) is 1.82. The number of imidazole rings is 1. The lowest BCUT2D eigenvalue weighted by atomic mass is 10.3. The van der Waals surface area contributed by atoms with E-state index in [0.717, 1.165) is 0 Å². The quantitative estimate of drug-likeness (QED) is 0.631. The van der Waals surface area contributed by atoms with Gasteiger partial charge in [-0.05, 0) is 13.6 Å². The van der Waals surface area contributed by atoms with Crippen LogP contribution < -0.4 is 0 Å². The smallest absolute Gasteiger partial charge is 0.160 e. The molecule has 0 saturated carbocycles. The molecule has 0 aromatic carbocycles. The number of hydrogen-bond donors (Lipinski definition) is 1. The van der Waals surface area contributed by atoms with E-state index in [1.54, 1.807) is 17.8 Å². The third kappa shape index (κ3) is 1.19. The molecule has 0 radical (unpaired) electrons. The number of nitrogens with zero attached hydrogens (tertiary/aromatic N) is 3. The highest BCUT2D eigenvalue weighted by atomic mass is 15.1. The first-order chi connectivity index (χ1) is 5.16. The SMILES string of the molecule is C=Nc1c(C(C)=N)ncn1C. The Morgan fingerprint density at radius 3 is 2.82 bits per heavy atom. The second-order valence-electron chi connectivity index (χ2n) is 2.31. The van der Waals surface area contributed by atoms with E-state index in [1.165, 1.54) is 0 Å². The Balaban J connectivity index is 3.26. The summed E-state index contributed by atoms with van der Waals surface area (Å²) in [4.78, 5) is 7.75. The largest absolute Gasteiger partial charge is 0.318 e. The molecule has 1 heterocycles. The van der Waals surface area contributed by atoms with Crippen LogP contribution in [0.2, 0.25) is 0 Å². The fraction of sp³-hybridized carbons (Fsp3) is 0.286. The van der Waals surface area contributed by atoms with Crippen LogP contribution in [0.15, 0.2) is 11.3 Å². The standard InChI is InChI=1S/C7H10N4/c1-5(8)6-7(9-2)11(3)4-10-6/h4,8H,2H2,1,3H3. The van der Waals surface area contributed by atoms with Crippen LogP contribution in [-0.4, -0.2) is 22.0 Å². The second kappa shape index (κ2) is 2.65. The summed E-state index contributed by atoms with van der Waals surface area (Å²) in [6.07, 6.45) is 1.62. The van der Waals surface area contributed by atoms with Crippen LogP contribution in [0.25, 0.3) is 0 Å². The average Bonchev–Trinajstić information content (AvgIpc) is 2.30. The Bertz CT molecular complexity index is 297. The molecule has 0 bridgehead atoms. The molecule has 0 aliphatic rings. The highest BCUT2D eigenvalue weighted by Gasteiger charge is 2.07. The molecule has 0 saturated heterocycles. The van der Waals surface area contributed by atoms with Crippen molar-refractivity contribution in [3.63, 3.8) is 0 Å². The van der Waals surface area contributed by atoms with E-state index >= 15 is 0 Å². The number of rotatable bonds is 2. The molecular weight excluding hydrogens is 140 g/mol. The molecule has 11 heavy (non-hydrogen) atoms. The van der Waals surface area contributed by atoms with E-state index in [1.807, 2.05) is 7.05 Å². The van der Waals surface area contributed by atoms with E-state index in [-0.39, 0.29) is 0 Å². The molecule has 4 nitrogen and oxygen atoms in total. The topological polar surface area (TPSA) is 54.0 Å². The maximum Gasteiger partial charge on any atom is 0.160 e. The van der Waals surface area contributed by atoms with E-state index in [9.17, 15) is 0 Å². The molecule has 1 aromatic heterocycles. The summed E-state index contributed by atoms with van der Waals surface area (Å²) >= 11 is 0. The lowest BCUT2D eigenvalue weighted by Crippen LogP contribution is -1.93. The Kier molecular flexibility index (Phi) is 1.85. The molecule has 1 aromatic rings. The maximum atomic E-state index is 7.33. The third-order valence-electron chi connectivity index (χ3n) is 1.41. The van der Waals surface area contributed by atoms with Crippen LogP contribution in [0.5, 0.6) is 0 Å². The minimum Gasteiger partial charge on any atom is -0.318 e. The summed E-state index contributed by atoms with van der Waals surface area (Å²) in [5, 5.41) is 7.33.